The Morgan fingerprint density at radius 3 is 2.14 bits per heavy atom. The molecule has 0 saturated carbocycles. The van der Waals surface area contributed by atoms with Gasteiger partial charge in [0.05, 0.1) is 0 Å². The standard InChI is InChI=1S/C33H42N4O6/c1-7-33(5,6)37(30(41)26(18-19-27(34)39)36-31(42)43-32(2,3)4)28(22-13-16-25(38)17-14-22)29(40)35-24-15-12-21-10-8-9-11-23(21)20-24/h8-17,20,26,28,38H,7,18-19H2,1-6H3,(H2,34,39)(H,35,40)(H,36,42). The molecule has 0 aliphatic heterocycles. The van der Waals surface area contributed by atoms with Crippen LogP contribution in [0, 0.1) is 0 Å². The molecule has 10 heteroatoms. The number of aromatic hydroxyl groups is 1. The topological polar surface area (TPSA) is 151 Å². The Kier molecular flexibility index (Phi) is 10.4. The van der Waals surface area contributed by atoms with Crippen LogP contribution in [0.25, 0.3) is 10.8 Å². The normalized spacial score (nSPS) is 13.1. The molecule has 10 nitrogen and oxygen atoms in total. The van der Waals surface area contributed by atoms with Crippen molar-refractivity contribution in [2.75, 3.05) is 5.32 Å². The first-order valence-corrected chi connectivity index (χ1v) is 14.3. The average Bonchev–Trinajstić information content (AvgIpc) is 2.92. The molecule has 2 atom stereocenters. The second-order valence-corrected chi connectivity index (χ2v) is 12.1. The first kappa shape index (κ1) is 32.9. The zero-order valence-corrected chi connectivity index (χ0v) is 25.6. The fraction of sp³-hybridized carbons (Fsp3) is 0.394. The van der Waals surface area contributed by atoms with E-state index in [4.69, 9.17) is 10.5 Å². The molecule has 0 aliphatic rings. The smallest absolute Gasteiger partial charge is 0.408 e. The molecule has 0 radical (unpaired) electrons. The summed E-state index contributed by atoms with van der Waals surface area (Å²) in [6.45, 7) is 10.6. The molecule has 5 N–H and O–H groups in total. The Morgan fingerprint density at radius 1 is 0.930 bits per heavy atom. The van der Waals surface area contributed by atoms with E-state index < -0.39 is 47.0 Å². The van der Waals surface area contributed by atoms with Crippen molar-refractivity contribution in [2.24, 2.45) is 5.73 Å². The summed E-state index contributed by atoms with van der Waals surface area (Å²) in [5, 5.41) is 17.5. The van der Waals surface area contributed by atoms with Crippen LogP contribution in [0.3, 0.4) is 0 Å². The number of nitrogens with one attached hydrogen (secondary N) is 2. The Hall–Kier alpha value is -4.60. The van der Waals surface area contributed by atoms with Crippen LogP contribution in [-0.2, 0) is 19.1 Å². The van der Waals surface area contributed by atoms with E-state index in [1.807, 2.05) is 57.2 Å². The largest absolute Gasteiger partial charge is 0.508 e. The van der Waals surface area contributed by atoms with Gasteiger partial charge >= 0.3 is 6.09 Å². The van der Waals surface area contributed by atoms with E-state index in [2.05, 4.69) is 10.6 Å². The third-order valence-electron chi connectivity index (χ3n) is 7.16. The molecule has 0 aliphatic carbocycles. The van der Waals surface area contributed by atoms with E-state index in [9.17, 15) is 24.3 Å². The number of nitrogens with zero attached hydrogens (tertiary/aromatic N) is 1. The first-order valence-electron chi connectivity index (χ1n) is 14.3. The second-order valence-electron chi connectivity index (χ2n) is 12.1. The molecule has 0 fully saturated rings. The molecule has 4 amide bonds. The first-order chi connectivity index (χ1) is 20.1. The van der Waals surface area contributed by atoms with Crippen molar-refractivity contribution in [1.82, 2.24) is 10.2 Å². The minimum atomic E-state index is -1.22. The van der Waals surface area contributed by atoms with Gasteiger partial charge in [-0.05, 0) is 88.1 Å². The molecule has 43 heavy (non-hydrogen) atoms. The summed E-state index contributed by atoms with van der Waals surface area (Å²) in [6.07, 6.45) is -0.671. The minimum absolute atomic E-state index is 0.00371. The van der Waals surface area contributed by atoms with Crippen molar-refractivity contribution >= 4 is 40.3 Å². The lowest BCUT2D eigenvalue weighted by Gasteiger charge is -2.44. The molecular weight excluding hydrogens is 548 g/mol. The number of fused-ring (bicyclic) bond motifs is 1. The molecule has 230 valence electrons. The molecule has 0 spiro atoms. The van der Waals surface area contributed by atoms with Crippen LogP contribution in [0.5, 0.6) is 5.75 Å². The van der Waals surface area contributed by atoms with Gasteiger partial charge in [0, 0.05) is 17.6 Å². The summed E-state index contributed by atoms with van der Waals surface area (Å²) in [5.74, 6) is -1.74. The van der Waals surface area contributed by atoms with Crippen molar-refractivity contribution in [2.45, 2.75) is 84.0 Å². The summed E-state index contributed by atoms with van der Waals surface area (Å²) in [5.41, 5.74) is 4.64. The number of hydrogen-bond donors (Lipinski definition) is 4. The lowest BCUT2D eigenvalue weighted by molar-refractivity contribution is -0.148. The zero-order valence-electron chi connectivity index (χ0n) is 25.6. The van der Waals surface area contributed by atoms with Gasteiger partial charge in [0.2, 0.25) is 11.8 Å². The Bertz CT molecular complexity index is 1460. The lowest BCUT2D eigenvalue weighted by Crippen LogP contribution is -2.59. The Balaban J connectivity index is 2.10. The van der Waals surface area contributed by atoms with E-state index in [1.54, 1.807) is 39.0 Å². The maximum atomic E-state index is 14.5. The number of hydrogen-bond acceptors (Lipinski definition) is 6. The van der Waals surface area contributed by atoms with Crippen LogP contribution in [0.2, 0.25) is 0 Å². The number of primary amides is 1. The number of nitrogens with two attached hydrogens (primary N) is 1. The highest BCUT2D eigenvalue weighted by Crippen LogP contribution is 2.34. The monoisotopic (exact) mass is 590 g/mol. The average molecular weight is 591 g/mol. The second kappa shape index (κ2) is 13.6. The Morgan fingerprint density at radius 2 is 1.56 bits per heavy atom. The van der Waals surface area contributed by atoms with Gasteiger partial charge in [-0.15, -0.1) is 0 Å². The van der Waals surface area contributed by atoms with Gasteiger partial charge in [-0.2, -0.15) is 0 Å². The van der Waals surface area contributed by atoms with Gasteiger partial charge in [0.25, 0.3) is 5.91 Å². The third kappa shape index (κ3) is 8.94. The predicted octanol–water partition coefficient (Wildman–Crippen LogP) is 5.40. The molecule has 3 aromatic carbocycles. The van der Waals surface area contributed by atoms with Crippen LogP contribution in [0.1, 0.15) is 72.4 Å². The number of ether oxygens (including phenoxy) is 1. The van der Waals surface area contributed by atoms with Crippen molar-refractivity contribution in [3.63, 3.8) is 0 Å². The summed E-state index contributed by atoms with van der Waals surface area (Å²) in [4.78, 5) is 54.6. The van der Waals surface area contributed by atoms with Gasteiger partial charge in [-0.3, -0.25) is 14.4 Å². The van der Waals surface area contributed by atoms with E-state index in [0.29, 0.717) is 17.7 Å². The summed E-state index contributed by atoms with van der Waals surface area (Å²) < 4.78 is 5.39. The van der Waals surface area contributed by atoms with Gasteiger partial charge < -0.3 is 31.1 Å². The highest BCUT2D eigenvalue weighted by molar-refractivity contribution is 6.00. The number of carbonyl (C=O) groups excluding carboxylic acids is 4. The molecule has 0 heterocycles. The molecule has 3 rings (SSSR count). The van der Waals surface area contributed by atoms with Crippen molar-refractivity contribution in [3.05, 3.63) is 72.3 Å². The molecule has 0 aromatic heterocycles. The van der Waals surface area contributed by atoms with Crippen molar-refractivity contribution in [3.8, 4) is 5.75 Å². The highest BCUT2D eigenvalue weighted by Gasteiger charge is 2.43. The van der Waals surface area contributed by atoms with Crippen LogP contribution in [-0.4, -0.2) is 51.0 Å². The molecule has 0 saturated heterocycles. The van der Waals surface area contributed by atoms with Gasteiger partial charge in [-0.25, -0.2) is 4.79 Å². The fourth-order valence-corrected chi connectivity index (χ4v) is 4.66. The van der Waals surface area contributed by atoms with Crippen molar-refractivity contribution < 1.29 is 29.0 Å². The minimum Gasteiger partial charge on any atom is -0.508 e. The van der Waals surface area contributed by atoms with E-state index in [1.165, 1.54) is 17.0 Å². The number of rotatable bonds is 11. The van der Waals surface area contributed by atoms with E-state index in [0.717, 1.165) is 10.8 Å². The molecule has 2 unspecified atom stereocenters. The number of benzene rings is 3. The summed E-state index contributed by atoms with van der Waals surface area (Å²) in [7, 11) is 0. The maximum Gasteiger partial charge on any atom is 0.408 e. The fourth-order valence-electron chi connectivity index (χ4n) is 4.66. The van der Waals surface area contributed by atoms with Gasteiger partial charge in [-0.1, -0.05) is 49.4 Å². The van der Waals surface area contributed by atoms with Gasteiger partial charge in [0.15, 0.2) is 0 Å². The van der Waals surface area contributed by atoms with Crippen molar-refractivity contribution in [1.29, 1.82) is 0 Å². The number of phenolic OH excluding ortho intramolecular Hbond substituents is 1. The number of phenols is 1. The molecular formula is C33H42N4O6. The number of alkyl carbamates (subject to hydrolysis) is 1. The highest BCUT2D eigenvalue weighted by atomic mass is 16.6. The Labute approximate surface area is 252 Å². The van der Waals surface area contributed by atoms with E-state index >= 15 is 0 Å². The third-order valence-corrected chi connectivity index (χ3v) is 7.16. The SMILES string of the molecule is CCC(C)(C)N(C(=O)C(CCC(N)=O)NC(=O)OC(C)(C)C)C(C(=O)Nc1ccc2ccccc2c1)c1ccc(O)cc1. The van der Waals surface area contributed by atoms with E-state index in [-0.39, 0.29) is 18.6 Å². The van der Waals surface area contributed by atoms with Crippen LogP contribution in [0.4, 0.5) is 10.5 Å². The molecule has 3 aromatic rings. The van der Waals surface area contributed by atoms with Crippen LogP contribution in [0.15, 0.2) is 66.7 Å². The van der Waals surface area contributed by atoms with Crippen LogP contribution < -0.4 is 16.4 Å². The van der Waals surface area contributed by atoms with Crippen LogP contribution >= 0.6 is 0 Å². The zero-order chi connectivity index (χ0) is 31.9. The number of anilines is 1. The number of carbonyl (C=O) groups is 4. The lowest BCUT2D eigenvalue weighted by atomic mass is 9.91. The summed E-state index contributed by atoms with van der Waals surface area (Å²) in [6, 6.07) is 16.9. The molecule has 0 bridgehead atoms. The predicted molar refractivity (Wildman–Crippen MR) is 166 cm³/mol. The van der Waals surface area contributed by atoms with Gasteiger partial charge in [0.1, 0.15) is 23.4 Å². The number of amides is 4. The quantitative estimate of drug-likeness (QED) is 0.235. The maximum absolute atomic E-state index is 14.5. The summed E-state index contributed by atoms with van der Waals surface area (Å²) >= 11 is 0.